The molecular formula is C33H36F3N3O4. The molecule has 0 spiro atoms. The van der Waals surface area contributed by atoms with E-state index in [4.69, 9.17) is 9.47 Å². The topological polar surface area (TPSA) is 65.5 Å². The number of fused-ring (bicyclic) bond motifs is 2. The van der Waals surface area contributed by atoms with Crippen LogP contribution >= 0.6 is 0 Å². The van der Waals surface area contributed by atoms with Crippen LogP contribution in [0.15, 0.2) is 82.6 Å². The van der Waals surface area contributed by atoms with Crippen LogP contribution in [0.3, 0.4) is 0 Å². The fraction of sp³-hybridized carbons (Fsp3) is 0.424. The van der Waals surface area contributed by atoms with E-state index in [1.54, 1.807) is 35.7 Å². The van der Waals surface area contributed by atoms with Gasteiger partial charge in [0.15, 0.2) is 0 Å². The molecule has 0 radical (unpaired) electrons. The molecule has 43 heavy (non-hydrogen) atoms. The molecule has 228 valence electrons. The Morgan fingerprint density at radius 1 is 1.12 bits per heavy atom. The average molecular weight is 596 g/mol. The van der Waals surface area contributed by atoms with Crippen LogP contribution in [0.5, 0.6) is 5.75 Å². The third-order valence-electron chi connectivity index (χ3n) is 8.78. The number of halogens is 3. The lowest BCUT2D eigenvalue weighted by atomic mass is 9.87. The van der Waals surface area contributed by atoms with Gasteiger partial charge in [0.05, 0.1) is 30.7 Å². The number of alkyl halides is 3. The molecule has 1 unspecified atom stereocenters. The lowest BCUT2D eigenvalue weighted by Crippen LogP contribution is -2.40. The second-order valence-electron chi connectivity index (χ2n) is 11.7. The Morgan fingerprint density at radius 3 is 2.74 bits per heavy atom. The van der Waals surface area contributed by atoms with Crippen LogP contribution in [0.4, 0.5) is 18.0 Å². The molecule has 3 heterocycles. The highest BCUT2D eigenvalue weighted by molar-refractivity contribution is 5.89. The van der Waals surface area contributed by atoms with Crippen LogP contribution in [0.25, 0.3) is 10.8 Å². The number of carboxylic acid groups (broad SMARTS) is 1. The second kappa shape index (κ2) is 11.5. The number of hydrogen-bond acceptors (Lipinski definition) is 5. The summed E-state index contributed by atoms with van der Waals surface area (Å²) in [6.07, 6.45) is 3.38. The molecular weight excluding hydrogens is 559 g/mol. The van der Waals surface area contributed by atoms with Crippen LogP contribution in [0.1, 0.15) is 57.9 Å². The highest BCUT2D eigenvalue weighted by atomic mass is 19.4. The Kier molecular flexibility index (Phi) is 7.79. The van der Waals surface area contributed by atoms with Gasteiger partial charge in [0, 0.05) is 42.2 Å². The van der Waals surface area contributed by atoms with E-state index in [2.05, 4.69) is 18.7 Å². The zero-order valence-electron chi connectivity index (χ0n) is 24.4. The van der Waals surface area contributed by atoms with E-state index in [-0.39, 0.29) is 13.2 Å². The van der Waals surface area contributed by atoms with E-state index < -0.39 is 17.8 Å². The number of carbonyl (C=O) groups is 1. The van der Waals surface area contributed by atoms with E-state index in [9.17, 15) is 23.1 Å². The summed E-state index contributed by atoms with van der Waals surface area (Å²) in [5, 5.41) is 14.3. The molecule has 6 rings (SSSR count). The summed E-state index contributed by atoms with van der Waals surface area (Å²) in [6, 6.07) is 8.95. The predicted molar refractivity (Wildman–Crippen MR) is 157 cm³/mol. The SMILES string of the molecule is C/C1=C/OC=C2C(=C3CCCC4=C3N(CC4)C(C)C1)CN(C(=O)O)N2CCCOc1cccc2cc(C(F)(F)F)ccc12. The summed E-state index contributed by atoms with van der Waals surface area (Å²) in [4.78, 5) is 15.0. The lowest BCUT2D eigenvalue weighted by Gasteiger charge is -2.33. The summed E-state index contributed by atoms with van der Waals surface area (Å²) >= 11 is 0. The van der Waals surface area contributed by atoms with Crippen LogP contribution in [0.2, 0.25) is 0 Å². The quantitative estimate of drug-likeness (QED) is 0.356. The van der Waals surface area contributed by atoms with Gasteiger partial charge in [0.25, 0.3) is 0 Å². The number of ether oxygens (including phenoxy) is 2. The molecule has 3 aliphatic heterocycles. The maximum Gasteiger partial charge on any atom is 0.426 e. The van der Waals surface area contributed by atoms with Crippen molar-refractivity contribution in [2.75, 3.05) is 26.2 Å². The van der Waals surface area contributed by atoms with Gasteiger partial charge in [-0.2, -0.15) is 13.2 Å². The van der Waals surface area contributed by atoms with E-state index >= 15 is 0 Å². The molecule has 2 aromatic carbocycles. The molecule has 0 bridgehead atoms. The van der Waals surface area contributed by atoms with Crippen LogP contribution < -0.4 is 4.74 Å². The third-order valence-corrected chi connectivity index (χ3v) is 8.78. The van der Waals surface area contributed by atoms with Gasteiger partial charge in [-0.1, -0.05) is 18.2 Å². The third kappa shape index (κ3) is 5.67. The van der Waals surface area contributed by atoms with E-state index in [0.717, 1.165) is 67.6 Å². The van der Waals surface area contributed by atoms with Crippen molar-refractivity contribution in [2.45, 2.75) is 64.6 Å². The first-order valence-corrected chi connectivity index (χ1v) is 14.8. The van der Waals surface area contributed by atoms with Crippen molar-refractivity contribution < 1.29 is 32.5 Å². The Bertz CT molecular complexity index is 1560. The van der Waals surface area contributed by atoms with Gasteiger partial charge in [-0.05, 0) is 86.3 Å². The van der Waals surface area contributed by atoms with E-state index in [1.807, 2.05) is 0 Å². The van der Waals surface area contributed by atoms with Crippen molar-refractivity contribution in [2.24, 2.45) is 0 Å². The molecule has 1 atom stereocenters. The number of rotatable bonds is 5. The predicted octanol–water partition coefficient (Wildman–Crippen LogP) is 7.83. The molecule has 1 N–H and O–H groups in total. The largest absolute Gasteiger partial charge is 0.493 e. The molecule has 4 aliphatic rings. The molecule has 2 aromatic rings. The standard InChI is InChI=1S/C33H36F3N3O4/c1-21-16-22(2)37-14-12-23-6-3-8-27(31(23)37)28-18-39(32(40)41)38(29(28)20-42-19-21)13-5-15-43-30-9-4-7-24-17-25(33(34,35)36)10-11-26(24)30/h4,7,9-11,17,19-20,22H,3,5-6,8,12-16,18H2,1-2H3,(H,40,41)/b21-19-,28-27?,29-20?. The van der Waals surface area contributed by atoms with Gasteiger partial charge in [-0.25, -0.2) is 9.80 Å². The highest BCUT2D eigenvalue weighted by Crippen LogP contribution is 2.45. The molecule has 1 aliphatic carbocycles. The summed E-state index contributed by atoms with van der Waals surface area (Å²) in [5.74, 6) is 0.487. The van der Waals surface area contributed by atoms with E-state index in [1.165, 1.54) is 27.9 Å². The molecule has 0 aromatic heterocycles. The smallest absolute Gasteiger partial charge is 0.426 e. The number of hydrazine groups is 1. The monoisotopic (exact) mass is 595 g/mol. The number of amides is 1. The van der Waals surface area contributed by atoms with Gasteiger partial charge < -0.3 is 19.5 Å². The van der Waals surface area contributed by atoms with Gasteiger partial charge in [0.1, 0.15) is 12.0 Å². The lowest BCUT2D eigenvalue weighted by molar-refractivity contribution is -0.137. The zero-order chi connectivity index (χ0) is 30.3. The van der Waals surface area contributed by atoms with Crippen molar-refractivity contribution in [3.05, 3.63) is 88.2 Å². The number of allylic oxidation sites excluding steroid dienone is 1. The normalized spacial score (nSPS) is 22.1. The van der Waals surface area contributed by atoms with Crippen molar-refractivity contribution in [3.8, 4) is 5.75 Å². The first kappa shape index (κ1) is 29.0. The number of nitrogens with zero attached hydrogens (tertiary/aromatic N) is 3. The minimum Gasteiger partial charge on any atom is -0.493 e. The Morgan fingerprint density at radius 2 is 1.95 bits per heavy atom. The van der Waals surface area contributed by atoms with E-state index in [0.29, 0.717) is 35.5 Å². The summed E-state index contributed by atoms with van der Waals surface area (Å²) in [5.41, 5.74) is 6.12. The van der Waals surface area contributed by atoms with Crippen molar-refractivity contribution >= 4 is 16.9 Å². The minimum atomic E-state index is -4.42. The van der Waals surface area contributed by atoms with Gasteiger partial charge in [-0.15, -0.1) is 0 Å². The maximum atomic E-state index is 13.2. The Hall–Kier alpha value is -4.08. The second-order valence-corrected chi connectivity index (χ2v) is 11.7. The number of benzene rings is 2. The van der Waals surface area contributed by atoms with Gasteiger partial charge in [0.2, 0.25) is 0 Å². The molecule has 1 fully saturated rings. The highest BCUT2D eigenvalue weighted by Gasteiger charge is 2.40. The molecule has 10 heteroatoms. The first-order chi connectivity index (χ1) is 20.6. The molecule has 1 saturated heterocycles. The summed E-state index contributed by atoms with van der Waals surface area (Å²) in [6.45, 7) is 6.13. The van der Waals surface area contributed by atoms with Crippen molar-refractivity contribution in [3.63, 3.8) is 0 Å². The summed E-state index contributed by atoms with van der Waals surface area (Å²) < 4.78 is 51.6. The average Bonchev–Trinajstić information content (AvgIpc) is 3.56. The Balaban J connectivity index is 1.26. The number of hydrogen-bond donors (Lipinski definition) is 1. The fourth-order valence-electron chi connectivity index (χ4n) is 6.84. The molecule has 1 amide bonds. The van der Waals surface area contributed by atoms with Crippen LogP contribution in [-0.2, 0) is 10.9 Å². The van der Waals surface area contributed by atoms with Gasteiger partial charge in [-0.3, -0.25) is 5.01 Å². The van der Waals surface area contributed by atoms with Crippen molar-refractivity contribution in [1.82, 2.24) is 14.9 Å². The molecule has 7 nitrogen and oxygen atoms in total. The van der Waals surface area contributed by atoms with Crippen molar-refractivity contribution in [1.29, 1.82) is 0 Å². The Labute approximate surface area is 249 Å². The summed E-state index contributed by atoms with van der Waals surface area (Å²) in [7, 11) is 0. The zero-order valence-corrected chi connectivity index (χ0v) is 24.4. The minimum absolute atomic E-state index is 0.243. The first-order valence-electron chi connectivity index (χ1n) is 14.8. The fourth-order valence-corrected chi connectivity index (χ4v) is 6.84. The van der Waals surface area contributed by atoms with Crippen LogP contribution in [-0.4, -0.2) is 58.4 Å². The van der Waals surface area contributed by atoms with Gasteiger partial charge >= 0.3 is 12.3 Å². The van der Waals surface area contributed by atoms with Crippen LogP contribution in [0, 0.1) is 0 Å². The maximum absolute atomic E-state index is 13.2. The molecule has 0 saturated carbocycles.